The summed E-state index contributed by atoms with van der Waals surface area (Å²) in [5.41, 5.74) is 5.98. The van der Waals surface area contributed by atoms with Crippen molar-refractivity contribution in [1.82, 2.24) is 10.3 Å². The fraction of sp³-hybridized carbons (Fsp3) is 0.391. The van der Waals surface area contributed by atoms with Crippen LogP contribution in [0.15, 0.2) is 54.6 Å². The number of thioether (sulfide) groups is 1. The summed E-state index contributed by atoms with van der Waals surface area (Å²) in [5.74, 6) is 1.24. The quantitative estimate of drug-likeness (QED) is 0.644. The molecule has 3 aromatic rings. The van der Waals surface area contributed by atoms with Gasteiger partial charge in [0.2, 0.25) is 0 Å². The van der Waals surface area contributed by atoms with Crippen molar-refractivity contribution in [3.05, 3.63) is 71.4 Å². The van der Waals surface area contributed by atoms with Crippen LogP contribution in [0.25, 0.3) is 10.9 Å². The number of benzene rings is 2. The molecule has 134 valence electrons. The average Bonchev–Trinajstić information content (AvgIpc) is 3.10. The number of H-pyrrole nitrogens is 1. The van der Waals surface area contributed by atoms with Gasteiger partial charge in [-0.15, -0.1) is 11.8 Å². The molecule has 0 unspecified atom stereocenters. The summed E-state index contributed by atoms with van der Waals surface area (Å²) in [5, 5.41) is 5.13. The standard InChI is InChI=1S/C23H26N2S/c1-24-22(17-7-3-2-4-8-17)12-14-23(15-13-22)21-19(11-16-26-23)18-9-5-6-10-20(18)25-21/h2-10,24-25H,11-16H2,1H3. The number of hydrogen-bond donors (Lipinski definition) is 2. The molecule has 1 saturated carbocycles. The number of aryl methyl sites for hydroxylation is 1. The van der Waals surface area contributed by atoms with Gasteiger partial charge in [-0.2, -0.15) is 0 Å². The number of fused-ring (bicyclic) bond motifs is 4. The lowest BCUT2D eigenvalue weighted by Gasteiger charge is -2.48. The summed E-state index contributed by atoms with van der Waals surface area (Å²) in [7, 11) is 2.13. The molecule has 1 spiro atoms. The first-order valence-electron chi connectivity index (χ1n) is 9.75. The number of aromatic nitrogens is 1. The van der Waals surface area contributed by atoms with Gasteiger partial charge in [0, 0.05) is 22.1 Å². The molecular weight excluding hydrogens is 336 g/mol. The molecule has 5 rings (SSSR count). The predicted molar refractivity (Wildman–Crippen MR) is 112 cm³/mol. The first kappa shape index (κ1) is 16.5. The summed E-state index contributed by atoms with van der Waals surface area (Å²) in [4.78, 5) is 3.82. The molecule has 1 aliphatic carbocycles. The zero-order chi connectivity index (χ0) is 17.6. The molecule has 1 aromatic heterocycles. The molecule has 0 atom stereocenters. The highest BCUT2D eigenvalue weighted by atomic mass is 32.2. The zero-order valence-corrected chi connectivity index (χ0v) is 16.2. The van der Waals surface area contributed by atoms with Crippen LogP contribution in [0.3, 0.4) is 0 Å². The Morgan fingerprint density at radius 1 is 0.923 bits per heavy atom. The monoisotopic (exact) mass is 362 g/mol. The molecule has 2 aliphatic rings. The third kappa shape index (κ3) is 2.37. The van der Waals surface area contributed by atoms with Crippen molar-refractivity contribution in [3.63, 3.8) is 0 Å². The van der Waals surface area contributed by atoms with Crippen molar-refractivity contribution in [3.8, 4) is 0 Å². The lowest BCUT2D eigenvalue weighted by atomic mass is 9.71. The fourth-order valence-electron chi connectivity index (χ4n) is 5.18. The second-order valence-corrected chi connectivity index (χ2v) is 9.29. The smallest absolute Gasteiger partial charge is 0.0563 e. The van der Waals surface area contributed by atoms with Gasteiger partial charge in [0.1, 0.15) is 0 Å². The van der Waals surface area contributed by atoms with Crippen LogP contribution in [0.5, 0.6) is 0 Å². The maximum atomic E-state index is 3.82. The molecule has 1 aliphatic heterocycles. The molecule has 0 saturated heterocycles. The maximum absolute atomic E-state index is 3.82. The third-order valence-corrected chi connectivity index (χ3v) is 8.29. The van der Waals surface area contributed by atoms with Crippen molar-refractivity contribution in [2.45, 2.75) is 42.4 Å². The number of rotatable bonds is 2. The molecule has 2 nitrogen and oxygen atoms in total. The zero-order valence-electron chi connectivity index (χ0n) is 15.3. The normalized spacial score (nSPS) is 28.3. The molecule has 2 heterocycles. The Morgan fingerprint density at radius 2 is 1.65 bits per heavy atom. The van der Waals surface area contributed by atoms with Crippen LogP contribution < -0.4 is 5.32 Å². The van der Waals surface area contributed by atoms with E-state index in [1.165, 1.54) is 60.0 Å². The van der Waals surface area contributed by atoms with Gasteiger partial charge >= 0.3 is 0 Å². The van der Waals surface area contributed by atoms with Crippen LogP contribution in [0.2, 0.25) is 0 Å². The highest BCUT2D eigenvalue weighted by Crippen LogP contribution is 2.56. The number of nitrogens with one attached hydrogen (secondary N) is 2. The summed E-state index contributed by atoms with van der Waals surface area (Å²) in [6.45, 7) is 0. The second-order valence-electron chi connectivity index (χ2n) is 7.82. The van der Waals surface area contributed by atoms with Crippen LogP contribution in [0.4, 0.5) is 0 Å². The summed E-state index contributed by atoms with van der Waals surface area (Å²) in [6, 6.07) is 19.9. The van der Waals surface area contributed by atoms with Gasteiger partial charge in [-0.1, -0.05) is 48.5 Å². The Bertz CT molecular complexity index is 920. The van der Waals surface area contributed by atoms with E-state index in [1.807, 2.05) is 0 Å². The molecule has 3 heteroatoms. The van der Waals surface area contributed by atoms with Gasteiger partial charge in [0.05, 0.1) is 4.75 Å². The lowest BCUT2D eigenvalue weighted by Crippen LogP contribution is -2.47. The van der Waals surface area contributed by atoms with Gasteiger partial charge < -0.3 is 10.3 Å². The Labute approximate surface area is 159 Å². The minimum absolute atomic E-state index is 0.122. The topological polar surface area (TPSA) is 27.8 Å². The fourth-order valence-corrected chi connectivity index (χ4v) is 6.69. The SMILES string of the molecule is CNC1(c2ccccc2)CCC2(CC1)SCCc1c2[nH]c2ccccc12. The van der Waals surface area contributed by atoms with E-state index in [9.17, 15) is 0 Å². The molecule has 0 amide bonds. The average molecular weight is 363 g/mol. The number of para-hydroxylation sites is 1. The highest BCUT2D eigenvalue weighted by Gasteiger charge is 2.47. The van der Waals surface area contributed by atoms with Crippen molar-refractivity contribution in [2.24, 2.45) is 0 Å². The first-order valence-corrected chi connectivity index (χ1v) is 10.7. The van der Waals surface area contributed by atoms with Gasteiger partial charge in [0.25, 0.3) is 0 Å². The van der Waals surface area contributed by atoms with E-state index in [-0.39, 0.29) is 10.3 Å². The van der Waals surface area contributed by atoms with Crippen LogP contribution in [0, 0.1) is 0 Å². The Morgan fingerprint density at radius 3 is 2.42 bits per heavy atom. The van der Waals surface area contributed by atoms with Crippen LogP contribution in [-0.4, -0.2) is 17.8 Å². The van der Waals surface area contributed by atoms with Gasteiger partial charge in [-0.25, -0.2) is 0 Å². The molecule has 26 heavy (non-hydrogen) atoms. The molecular formula is C23H26N2S. The van der Waals surface area contributed by atoms with E-state index in [4.69, 9.17) is 0 Å². The van der Waals surface area contributed by atoms with Crippen molar-refractivity contribution in [1.29, 1.82) is 0 Å². The summed E-state index contributed by atoms with van der Waals surface area (Å²) < 4.78 is 0.266. The molecule has 0 bridgehead atoms. The Hall–Kier alpha value is -1.71. The van der Waals surface area contributed by atoms with Crippen molar-refractivity contribution in [2.75, 3.05) is 12.8 Å². The van der Waals surface area contributed by atoms with E-state index in [1.54, 1.807) is 5.56 Å². The summed E-state index contributed by atoms with van der Waals surface area (Å²) >= 11 is 2.19. The Balaban J connectivity index is 1.52. The molecule has 0 radical (unpaired) electrons. The largest absolute Gasteiger partial charge is 0.357 e. The van der Waals surface area contributed by atoms with Crippen molar-refractivity contribution >= 4 is 22.7 Å². The summed E-state index contributed by atoms with van der Waals surface area (Å²) in [6.07, 6.45) is 6.03. The van der Waals surface area contributed by atoms with Gasteiger partial charge in [-0.05, 0) is 62.1 Å². The van der Waals surface area contributed by atoms with Crippen LogP contribution >= 0.6 is 11.8 Å². The van der Waals surface area contributed by atoms with Gasteiger partial charge in [-0.3, -0.25) is 0 Å². The van der Waals surface area contributed by atoms with E-state index in [0.29, 0.717) is 0 Å². The molecule has 2 N–H and O–H groups in total. The predicted octanol–water partition coefficient (Wildman–Crippen LogP) is 5.34. The van der Waals surface area contributed by atoms with E-state index in [2.05, 4.69) is 83.7 Å². The number of hydrogen-bond acceptors (Lipinski definition) is 2. The number of aromatic amines is 1. The van der Waals surface area contributed by atoms with Crippen molar-refractivity contribution < 1.29 is 0 Å². The van der Waals surface area contributed by atoms with E-state index in [0.717, 1.165) is 0 Å². The lowest BCUT2D eigenvalue weighted by molar-refractivity contribution is 0.214. The molecule has 2 aromatic carbocycles. The van der Waals surface area contributed by atoms with Gasteiger partial charge in [0.15, 0.2) is 0 Å². The molecule has 1 fully saturated rings. The minimum Gasteiger partial charge on any atom is -0.357 e. The Kier molecular flexibility index (Phi) is 3.91. The third-order valence-electron chi connectivity index (χ3n) is 6.72. The van der Waals surface area contributed by atoms with E-state index < -0.39 is 0 Å². The van der Waals surface area contributed by atoms with Crippen LogP contribution in [0.1, 0.15) is 42.5 Å². The first-order chi connectivity index (χ1) is 12.8. The maximum Gasteiger partial charge on any atom is 0.0563 e. The van der Waals surface area contributed by atoms with Crippen LogP contribution in [-0.2, 0) is 16.7 Å². The highest BCUT2D eigenvalue weighted by molar-refractivity contribution is 8.00. The minimum atomic E-state index is 0.122. The second kappa shape index (κ2) is 6.17. The van der Waals surface area contributed by atoms with E-state index >= 15 is 0 Å².